The molecule has 0 spiro atoms. The third-order valence-corrected chi connectivity index (χ3v) is 2.97. The summed E-state index contributed by atoms with van der Waals surface area (Å²) < 4.78 is 5.46. The van der Waals surface area contributed by atoms with Crippen molar-refractivity contribution < 1.29 is 4.74 Å². The normalized spacial score (nSPS) is 22.2. The molecule has 0 bridgehead atoms. The van der Waals surface area contributed by atoms with Crippen molar-refractivity contribution in [2.75, 3.05) is 19.8 Å². The minimum Gasteiger partial charge on any atom is -0.381 e. The van der Waals surface area contributed by atoms with Crippen molar-refractivity contribution in [3.8, 4) is 0 Å². The second-order valence-corrected chi connectivity index (χ2v) is 4.19. The van der Waals surface area contributed by atoms with E-state index in [1.807, 2.05) is 6.07 Å². The Labute approximate surface area is 96.4 Å². The van der Waals surface area contributed by atoms with E-state index in [4.69, 9.17) is 4.74 Å². The smallest absolute Gasteiger partial charge is 0.115 e. The lowest BCUT2D eigenvalue weighted by Crippen LogP contribution is -2.30. The van der Waals surface area contributed by atoms with Gasteiger partial charge >= 0.3 is 0 Å². The molecule has 16 heavy (non-hydrogen) atoms. The summed E-state index contributed by atoms with van der Waals surface area (Å²) in [5.41, 5.74) is 1.08. The molecule has 0 amide bonds. The van der Waals surface area contributed by atoms with Crippen molar-refractivity contribution in [2.24, 2.45) is 5.92 Å². The minimum absolute atomic E-state index is 0.311. The molecular formula is C12H19N3O. The summed E-state index contributed by atoms with van der Waals surface area (Å²) in [6, 6.07) is 2.30. The van der Waals surface area contributed by atoms with Crippen LogP contribution < -0.4 is 5.32 Å². The fourth-order valence-corrected chi connectivity index (χ4v) is 2.11. The highest BCUT2D eigenvalue weighted by atomic mass is 16.5. The summed E-state index contributed by atoms with van der Waals surface area (Å²) in [5, 5.41) is 3.56. The Hall–Kier alpha value is -1.00. The summed E-state index contributed by atoms with van der Waals surface area (Å²) in [7, 11) is 0. The van der Waals surface area contributed by atoms with Gasteiger partial charge in [-0.15, -0.1) is 0 Å². The van der Waals surface area contributed by atoms with Gasteiger partial charge < -0.3 is 10.1 Å². The van der Waals surface area contributed by atoms with Crippen molar-refractivity contribution in [1.82, 2.24) is 15.3 Å². The maximum atomic E-state index is 5.46. The van der Waals surface area contributed by atoms with Crippen molar-refractivity contribution in [1.29, 1.82) is 0 Å². The van der Waals surface area contributed by atoms with Crippen LogP contribution in [-0.2, 0) is 4.74 Å². The maximum Gasteiger partial charge on any atom is 0.115 e. The van der Waals surface area contributed by atoms with Crippen LogP contribution in [0.1, 0.15) is 31.5 Å². The van der Waals surface area contributed by atoms with E-state index < -0.39 is 0 Å². The Morgan fingerprint density at radius 3 is 3.19 bits per heavy atom. The molecule has 2 heterocycles. The summed E-state index contributed by atoms with van der Waals surface area (Å²) in [4.78, 5) is 8.31. The highest BCUT2D eigenvalue weighted by molar-refractivity contribution is 5.07. The number of nitrogens with zero attached hydrogens (tertiary/aromatic N) is 2. The van der Waals surface area contributed by atoms with Crippen LogP contribution in [0.3, 0.4) is 0 Å². The quantitative estimate of drug-likeness (QED) is 0.819. The zero-order valence-corrected chi connectivity index (χ0v) is 9.72. The van der Waals surface area contributed by atoms with E-state index in [1.165, 1.54) is 0 Å². The zero-order valence-electron chi connectivity index (χ0n) is 9.72. The molecule has 2 rings (SSSR count). The molecule has 88 valence electrons. The Kier molecular flexibility index (Phi) is 4.25. The van der Waals surface area contributed by atoms with Crippen molar-refractivity contribution in [3.05, 3.63) is 24.3 Å². The number of ether oxygens (including phenoxy) is 1. The SMILES string of the molecule is CCCNC(c1ccncn1)C1CCOC1. The highest BCUT2D eigenvalue weighted by Gasteiger charge is 2.27. The molecule has 2 unspecified atom stereocenters. The number of hydrogen-bond acceptors (Lipinski definition) is 4. The van der Waals surface area contributed by atoms with Gasteiger partial charge in [-0.25, -0.2) is 9.97 Å². The summed E-state index contributed by atoms with van der Waals surface area (Å²) in [5.74, 6) is 0.543. The van der Waals surface area contributed by atoms with Gasteiger partial charge in [0.05, 0.1) is 18.3 Å². The van der Waals surface area contributed by atoms with Crippen LogP contribution in [0, 0.1) is 5.92 Å². The van der Waals surface area contributed by atoms with Crippen LogP contribution in [0.2, 0.25) is 0 Å². The van der Waals surface area contributed by atoms with Crippen LogP contribution in [0.5, 0.6) is 0 Å². The Morgan fingerprint density at radius 1 is 1.62 bits per heavy atom. The lowest BCUT2D eigenvalue weighted by molar-refractivity contribution is 0.176. The third kappa shape index (κ3) is 2.77. The molecule has 4 heteroatoms. The fraction of sp³-hybridized carbons (Fsp3) is 0.667. The molecule has 1 aliphatic rings. The largest absolute Gasteiger partial charge is 0.381 e. The molecule has 0 saturated carbocycles. The van der Waals surface area contributed by atoms with Gasteiger partial charge in [0.2, 0.25) is 0 Å². The molecule has 0 aromatic carbocycles. The van der Waals surface area contributed by atoms with E-state index in [1.54, 1.807) is 12.5 Å². The van der Waals surface area contributed by atoms with E-state index in [9.17, 15) is 0 Å². The van der Waals surface area contributed by atoms with Gasteiger partial charge in [0.15, 0.2) is 0 Å². The Bertz CT molecular complexity index is 298. The number of nitrogens with one attached hydrogen (secondary N) is 1. The van der Waals surface area contributed by atoms with Gasteiger partial charge in [-0.05, 0) is 25.5 Å². The number of rotatable bonds is 5. The zero-order chi connectivity index (χ0) is 11.2. The molecule has 1 aliphatic heterocycles. The monoisotopic (exact) mass is 221 g/mol. The standard InChI is InChI=1S/C12H19N3O/c1-2-5-14-12(10-4-7-16-8-10)11-3-6-13-9-15-11/h3,6,9-10,12,14H,2,4-5,7-8H2,1H3. The molecule has 0 aliphatic carbocycles. The Morgan fingerprint density at radius 2 is 2.56 bits per heavy atom. The van der Waals surface area contributed by atoms with Crippen molar-refractivity contribution in [3.63, 3.8) is 0 Å². The van der Waals surface area contributed by atoms with E-state index in [0.29, 0.717) is 12.0 Å². The Balaban J connectivity index is 2.07. The average molecular weight is 221 g/mol. The van der Waals surface area contributed by atoms with Crippen LogP contribution in [0.25, 0.3) is 0 Å². The first kappa shape index (κ1) is 11.5. The van der Waals surface area contributed by atoms with Crippen LogP contribution >= 0.6 is 0 Å². The van der Waals surface area contributed by atoms with E-state index in [-0.39, 0.29) is 0 Å². The van der Waals surface area contributed by atoms with E-state index >= 15 is 0 Å². The summed E-state index contributed by atoms with van der Waals surface area (Å²) in [6.07, 6.45) is 5.67. The number of hydrogen-bond donors (Lipinski definition) is 1. The number of aromatic nitrogens is 2. The predicted molar refractivity (Wildman–Crippen MR) is 62.0 cm³/mol. The third-order valence-electron chi connectivity index (χ3n) is 2.97. The van der Waals surface area contributed by atoms with Crippen LogP contribution in [0.15, 0.2) is 18.6 Å². The molecule has 1 aromatic rings. The molecule has 1 fully saturated rings. The minimum atomic E-state index is 0.311. The van der Waals surface area contributed by atoms with E-state index in [0.717, 1.165) is 38.3 Å². The predicted octanol–water partition coefficient (Wildman–Crippen LogP) is 1.55. The molecule has 4 nitrogen and oxygen atoms in total. The first-order chi connectivity index (χ1) is 7.92. The molecule has 1 aromatic heterocycles. The van der Waals surface area contributed by atoms with Crippen LogP contribution in [-0.4, -0.2) is 29.7 Å². The lowest BCUT2D eigenvalue weighted by atomic mass is 9.96. The lowest BCUT2D eigenvalue weighted by Gasteiger charge is -2.22. The molecule has 0 radical (unpaired) electrons. The average Bonchev–Trinajstić information content (AvgIpc) is 2.85. The second-order valence-electron chi connectivity index (χ2n) is 4.19. The first-order valence-electron chi connectivity index (χ1n) is 5.99. The summed E-state index contributed by atoms with van der Waals surface area (Å²) in [6.45, 7) is 4.91. The van der Waals surface area contributed by atoms with Gasteiger partial charge in [-0.3, -0.25) is 0 Å². The second kappa shape index (κ2) is 5.92. The van der Waals surface area contributed by atoms with Gasteiger partial charge in [-0.2, -0.15) is 0 Å². The summed E-state index contributed by atoms with van der Waals surface area (Å²) >= 11 is 0. The van der Waals surface area contributed by atoms with Crippen molar-refractivity contribution in [2.45, 2.75) is 25.8 Å². The van der Waals surface area contributed by atoms with Gasteiger partial charge in [0.25, 0.3) is 0 Å². The maximum absolute atomic E-state index is 5.46. The van der Waals surface area contributed by atoms with Gasteiger partial charge in [0, 0.05) is 18.7 Å². The molecule has 1 saturated heterocycles. The highest BCUT2D eigenvalue weighted by Crippen LogP contribution is 2.27. The molecular weight excluding hydrogens is 202 g/mol. The topological polar surface area (TPSA) is 47.0 Å². The molecule has 2 atom stereocenters. The van der Waals surface area contributed by atoms with Gasteiger partial charge in [-0.1, -0.05) is 6.92 Å². The van der Waals surface area contributed by atoms with Crippen LogP contribution in [0.4, 0.5) is 0 Å². The fourth-order valence-electron chi connectivity index (χ4n) is 2.11. The molecule has 1 N–H and O–H groups in total. The first-order valence-corrected chi connectivity index (χ1v) is 5.99. The van der Waals surface area contributed by atoms with Crippen molar-refractivity contribution >= 4 is 0 Å². The van der Waals surface area contributed by atoms with E-state index in [2.05, 4.69) is 22.2 Å². The van der Waals surface area contributed by atoms with Gasteiger partial charge in [0.1, 0.15) is 6.33 Å².